The molecule has 0 saturated carbocycles. The summed E-state index contributed by atoms with van der Waals surface area (Å²) in [5.41, 5.74) is 0.410. The Morgan fingerprint density at radius 2 is 1.67 bits per heavy atom. The second kappa shape index (κ2) is 7.76. The minimum Gasteiger partial charge on any atom is -0.481 e. The van der Waals surface area contributed by atoms with Crippen LogP contribution in [0, 0.1) is 5.82 Å². The van der Waals surface area contributed by atoms with Crippen LogP contribution in [0.25, 0.3) is 0 Å². The average molecular weight is 416 g/mol. The molecule has 8 heteroatoms. The summed E-state index contributed by atoms with van der Waals surface area (Å²) in [6.07, 6.45) is 0.0117. The Balaban J connectivity index is 2.38. The van der Waals surface area contributed by atoms with Gasteiger partial charge in [0.05, 0.1) is 10.6 Å². The third kappa shape index (κ3) is 4.55. The fourth-order valence-electron chi connectivity index (χ4n) is 2.10. The lowest BCUT2D eigenvalue weighted by Crippen LogP contribution is -2.32. The highest BCUT2D eigenvalue weighted by Gasteiger charge is 2.25. The van der Waals surface area contributed by atoms with Crippen LogP contribution in [0.5, 0.6) is 0 Å². The van der Waals surface area contributed by atoms with Gasteiger partial charge in [-0.05, 0) is 55.0 Å². The Hall–Kier alpha value is -1.93. The van der Waals surface area contributed by atoms with E-state index in [1.165, 1.54) is 12.1 Å². The molecule has 2 aromatic carbocycles. The number of anilines is 1. The lowest BCUT2D eigenvalue weighted by Gasteiger charge is -2.24. The zero-order valence-electron chi connectivity index (χ0n) is 12.5. The molecular weight excluding hydrogens is 401 g/mol. The van der Waals surface area contributed by atoms with Crippen LogP contribution in [0.15, 0.2) is 57.9 Å². The number of aliphatic carboxylic acids is 1. The molecule has 0 amide bonds. The Morgan fingerprint density at radius 3 is 2.21 bits per heavy atom. The second-order valence-electron chi connectivity index (χ2n) is 5.00. The third-order valence-corrected chi connectivity index (χ3v) is 5.64. The van der Waals surface area contributed by atoms with Crippen molar-refractivity contribution in [3.63, 3.8) is 0 Å². The summed E-state index contributed by atoms with van der Waals surface area (Å²) in [4.78, 5) is 10.6. The van der Waals surface area contributed by atoms with Crippen LogP contribution in [-0.2, 0) is 14.8 Å². The predicted molar refractivity (Wildman–Crippen MR) is 91.9 cm³/mol. The molecule has 1 N–H and O–H groups in total. The van der Waals surface area contributed by atoms with E-state index >= 15 is 0 Å². The van der Waals surface area contributed by atoms with E-state index in [4.69, 9.17) is 5.11 Å². The molecule has 128 valence electrons. The van der Waals surface area contributed by atoms with E-state index in [0.29, 0.717) is 5.69 Å². The van der Waals surface area contributed by atoms with Crippen molar-refractivity contribution >= 4 is 37.6 Å². The van der Waals surface area contributed by atoms with E-state index in [2.05, 4.69) is 15.9 Å². The van der Waals surface area contributed by atoms with Gasteiger partial charge in [0, 0.05) is 17.4 Å². The summed E-state index contributed by atoms with van der Waals surface area (Å²) in [7, 11) is -3.92. The number of halogens is 2. The summed E-state index contributed by atoms with van der Waals surface area (Å²) in [6, 6.07) is 11.1. The molecule has 2 aromatic rings. The number of nitrogens with zero attached hydrogens (tertiary/aromatic N) is 1. The van der Waals surface area contributed by atoms with Gasteiger partial charge in [0.25, 0.3) is 10.0 Å². The van der Waals surface area contributed by atoms with Crippen LogP contribution >= 0.6 is 15.9 Å². The van der Waals surface area contributed by atoms with Gasteiger partial charge in [-0.3, -0.25) is 9.10 Å². The molecule has 24 heavy (non-hydrogen) atoms. The van der Waals surface area contributed by atoms with Crippen LogP contribution in [0.1, 0.15) is 12.8 Å². The predicted octanol–water partition coefficient (Wildman–Crippen LogP) is 3.65. The third-order valence-electron chi connectivity index (χ3n) is 3.27. The number of hydrogen-bond donors (Lipinski definition) is 1. The van der Waals surface area contributed by atoms with Gasteiger partial charge in [0.2, 0.25) is 0 Å². The standard InChI is InChI=1S/C16H15BrFNO4S/c17-12-3-7-14(8-4-12)19(11-1-2-16(20)21)24(22,23)15-9-5-13(18)6-10-15/h3-10H,1-2,11H2,(H,20,21). The number of carboxylic acids is 1. The zero-order valence-corrected chi connectivity index (χ0v) is 14.9. The molecule has 0 fully saturated rings. The summed E-state index contributed by atoms with van der Waals surface area (Å²) in [5, 5.41) is 8.77. The average Bonchev–Trinajstić information content (AvgIpc) is 2.53. The molecule has 5 nitrogen and oxygen atoms in total. The van der Waals surface area contributed by atoms with Gasteiger partial charge >= 0.3 is 5.97 Å². The first kappa shape index (κ1) is 18.4. The molecule has 0 unspecified atom stereocenters. The molecule has 0 aliphatic heterocycles. The Morgan fingerprint density at radius 1 is 1.08 bits per heavy atom. The number of hydrogen-bond acceptors (Lipinski definition) is 3. The van der Waals surface area contributed by atoms with Crippen molar-refractivity contribution < 1.29 is 22.7 Å². The van der Waals surface area contributed by atoms with Crippen LogP contribution in [0.4, 0.5) is 10.1 Å². The van der Waals surface area contributed by atoms with Crippen molar-refractivity contribution in [1.29, 1.82) is 0 Å². The van der Waals surface area contributed by atoms with Crippen LogP contribution in [-0.4, -0.2) is 26.0 Å². The first-order valence-electron chi connectivity index (χ1n) is 7.06. The lowest BCUT2D eigenvalue weighted by molar-refractivity contribution is -0.137. The first-order chi connectivity index (χ1) is 11.3. The maximum atomic E-state index is 13.1. The maximum absolute atomic E-state index is 13.1. The molecule has 0 atom stereocenters. The number of sulfonamides is 1. The van der Waals surface area contributed by atoms with Crippen molar-refractivity contribution in [3.05, 3.63) is 58.8 Å². The van der Waals surface area contributed by atoms with Gasteiger partial charge in [0.1, 0.15) is 5.82 Å². The fourth-order valence-corrected chi connectivity index (χ4v) is 3.87. The zero-order chi connectivity index (χ0) is 17.7. The Kier molecular flexibility index (Phi) is 5.95. The van der Waals surface area contributed by atoms with Gasteiger partial charge in [-0.2, -0.15) is 0 Å². The van der Waals surface area contributed by atoms with Crippen LogP contribution in [0.3, 0.4) is 0 Å². The summed E-state index contributed by atoms with van der Waals surface area (Å²) in [5.74, 6) is -1.53. The Labute approximate surface area is 147 Å². The van der Waals surface area contributed by atoms with E-state index in [9.17, 15) is 17.6 Å². The second-order valence-corrected chi connectivity index (χ2v) is 7.78. The molecular formula is C16H15BrFNO4S. The molecule has 0 aliphatic carbocycles. The first-order valence-corrected chi connectivity index (χ1v) is 9.29. The molecule has 0 saturated heterocycles. The summed E-state index contributed by atoms with van der Waals surface area (Å²) < 4.78 is 40.7. The van der Waals surface area contributed by atoms with E-state index in [-0.39, 0.29) is 24.3 Å². The monoisotopic (exact) mass is 415 g/mol. The molecule has 2 rings (SSSR count). The number of carbonyl (C=O) groups is 1. The van der Waals surface area contributed by atoms with E-state index in [1.807, 2.05) is 0 Å². The molecule has 0 spiro atoms. The van der Waals surface area contributed by atoms with Crippen LogP contribution < -0.4 is 4.31 Å². The van der Waals surface area contributed by atoms with Crippen molar-refractivity contribution in [2.75, 3.05) is 10.8 Å². The molecule has 0 aromatic heterocycles. The topological polar surface area (TPSA) is 74.7 Å². The highest BCUT2D eigenvalue weighted by Crippen LogP contribution is 2.26. The maximum Gasteiger partial charge on any atom is 0.303 e. The van der Waals surface area contributed by atoms with Crippen LogP contribution in [0.2, 0.25) is 0 Å². The fraction of sp³-hybridized carbons (Fsp3) is 0.188. The normalized spacial score (nSPS) is 11.2. The van der Waals surface area contributed by atoms with Crippen molar-refractivity contribution in [2.24, 2.45) is 0 Å². The van der Waals surface area contributed by atoms with Crippen molar-refractivity contribution in [1.82, 2.24) is 0 Å². The lowest BCUT2D eigenvalue weighted by atomic mass is 10.3. The quantitative estimate of drug-likeness (QED) is 0.748. The van der Waals surface area contributed by atoms with Crippen molar-refractivity contribution in [3.8, 4) is 0 Å². The van der Waals surface area contributed by atoms with Gasteiger partial charge in [0.15, 0.2) is 0 Å². The van der Waals surface area contributed by atoms with E-state index in [1.54, 1.807) is 24.3 Å². The highest BCUT2D eigenvalue weighted by atomic mass is 79.9. The SMILES string of the molecule is O=C(O)CCCN(c1ccc(Br)cc1)S(=O)(=O)c1ccc(F)cc1. The van der Waals surface area contributed by atoms with Crippen molar-refractivity contribution in [2.45, 2.75) is 17.7 Å². The van der Waals surface area contributed by atoms with Gasteiger partial charge in [-0.25, -0.2) is 12.8 Å². The van der Waals surface area contributed by atoms with E-state index < -0.39 is 21.8 Å². The smallest absolute Gasteiger partial charge is 0.303 e. The minimum atomic E-state index is -3.92. The minimum absolute atomic E-state index is 0.00758. The van der Waals surface area contributed by atoms with E-state index in [0.717, 1.165) is 20.9 Å². The van der Waals surface area contributed by atoms with Gasteiger partial charge < -0.3 is 5.11 Å². The summed E-state index contributed by atoms with van der Waals surface area (Å²) >= 11 is 3.28. The summed E-state index contributed by atoms with van der Waals surface area (Å²) in [6.45, 7) is 0.00758. The molecule has 0 radical (unpaired) electrons. The Bertz CT molecular complexity index is 807. The number of rotatable bonds is 7. The molecule has 0 bridgehead atoms. The number of carboxylic acid groups (broad SMARTS) is 1. The number of benzene rings is 2. The molecule has 0 aliphatic rings. The highest BCUT2D eigenvalue weighted by molar-refractivity contribution is 9.10. The molecule has 0 heterocycles. The van der Waals surface area contributed by atoms with Gasteiger partial charge in [-0.1, -0.05) is 15.9 Å². The van der Waals surface area contributed by atoms with Gasteiger partial charge in [-0.15, -0.1) is 0 Å². The largest absolute Gasteiger partial charge is 0.481 e.